The highest BCUT2D eigenvalue weighted by molar-refractivity contribution is 5.80. The monoisotopic (exact) mass is 433 g/mol. The van der Waals surface area contributed by atoms with E-state index in [9.17, 15) is 0 Å². The Hall–Kier alpha value is -3.12. The molecule has 2 aromatic carbocycles. The highest BCUT2D eigenvalue weighted by Gasteiger charge is 2.24. The van der Waals surface area contributed by atoms with Crippen LogP contribution in [-0.2, 0) is 17.8 Å². The van der Waals surface area contributed by atoms with Crippen molar-refractivity contribution in [2.45, 2.75) is 40.0 Å². The number of nitrogens with one attached hydrogen (secondary N) is 2. The second-order valence-corrected chi connectivity index (χ2v) is 8.99. The van der Waals surface area contributed by atoms with Gasteiger partial charge in [0.1, 0.15) is 0 Å². The molecule has 0 bridgehead atoms. The van der Waals surface area contributed by atoms with Crippen LogP contribution in [0.5, 0.6) is 0 Å². The zero-order valence-corrected chi connectivity index (χ0v) is 19.8. The van der Waals surface area contributed by atoms with Gasteiger partial charge in [-0.2, -0.15) is 0 Å². The first-order chi connectivity index (χ1) is 15.4. The maximum absolute atomic E-state index is 5.64. The van der Waals surface area contributed by atoms with Crippen molar-refractivity contribution < 1.29 is 4.74 Å². The zero-order valence-electron chi connectivity index (χ0n) is 19.8. The van der Waals surface area contributed by atoms with Crippen LogP contribution < -0.4 is 10.6 Å². The first-order valence-electron chi connectivity index (χ1n) is 11.0. The summed E-state index contributed by atoms with van der Waals surface area (Å²) < 4.78 is 7.71. The van der Waals surface area contributed by atoms with Gasteiger partial charge in [-0.1, -0.05) is 69.3 Å². The minimum Gasteiger partial charge on any atom is -0.379 e. The van der Waals surface area contributed by atoms with Gasteiger partial charge in [0.05, 0.1) is 12.4 Å². The Labute approximate surface area is 191 Å². The number of rotatable bonds is 8. The Morgan fingerprint density at radius 3 is 2.47 bits per heavy atom. The summed E-state index contributed by atoms with van der Waals surface area (Å²) in [6.45, 7) is 8.73. The lowest BCUT2D eigenvalue weighted by atomic mass is 9.89. The van der Waals surface area contributed by atoms with Gasteiger partial charge in [-0.3, -0.25) is 4.99 Å². The van der Waals surface area contributed by atoms with Gasteiger partial charge < -0.3 is 19.9 Å². The Bertz CT molecular complexity index is 988. The van der Waals surface area contributed by atoms with E-state index in [1.807, 2.05) is 12.5 Å². The molecule has 1 heterocycles. The SMILES string of the molecule is CN=C(NCc1ccccc1-c1ccc(Cn2ccnc2)cc1)NCC(OC)C(C)(C)C. The minimum absolute atomic E-state index is 0.0528. The Morgan fingerprint density at radius 2 is 1.84 bits per heavy atom. The molecule has 0 aliphatic rings. The Morgan fingerprint density at radius 1 is 1.09 bits per heavy atom. The van der Waals surface area contributed by atoms with E-state index < -0.39 is 0 Å². The lowest BCUT2D eigenvalue weighted by molar-refractivity contribution is 0.0205. The van der Waals surface area contributed by atoms with Crippen molar-refractivity contribution in [1.29, 1.82) is 0 Å². The molecule has 0 spiro atoms. The van der Waals surface area contributed by atoms with Crippen LogP contribution >= 0.6 is 0 Å². The molecule has 0 aliphatic carbocycles. The molecule has 6 heteroatoms. The summed E-state index contributed by atoms with van der Waals surface area (Å²) in [6, 6.07) is 17.2. The van der Waals surface area contributed by atoms with Gasteiger partial charge in [0, 0.05) is 46.2 Å². The lowest BCUT2D eigenvalue weighted by Crippen LogP contribution is -2.45. The molecule has 1 unspecified atom stereocenters. The van der Waals surface area contributed by atoms with E-state index in [1.54, 1.807) is 20.4 Å². The highest BCUT2D eigenvalue weighted by Crippen LogP contribution is 2.24. The highest BCUT2D eigenvalue weighted by atomic mass is 16.5. The first kappa shape index (κ1) is 23.5. The molecule has 2 N–H and O–H groups in total. The number of ether oxygens (including phenoxy) is 1. The molecule has 3 aromatic rings. The van der Waals surface area contributed by atoms with Crippen LogP contribution in [-0.4, -0.2) is 42.3 Å². The van der Waals surface area contributed by atoms with Crippen molar-refractivity contribution in [3.8, 4) is 11.1 Å². The molecule has 0 aliphatic heterocycles. The van der Waals surface area contributed by atoms with Crippen molar-refractivity contribution in [3.63, 3.8) is 0 Å². The van der Waals surface area contributed by atoms with Crippen LogP contribution in [0.1, 0.15) is 31.9 Å². The third kappa shape index (κ3) is 6.44. The molecule has 0 saturated heterocycles. The lowest BCUT2D eigenvalue weighted by Gasteiger charge is -2.30. The zero-order chi connectivity index (χ0) is 23.0. The summed E-state index contributed by atoms with van der Waals surface area (Å²) in [4.78, 5) is 8.48. The number of hydrogen-bond acceptors (Lipinski definition) is 3. The summed E-state index contributed by atoms with van der Waals surface area (Å²) in [7, 11) is 3.55. The van der Waals surface area contributed by atoms with Crippen molar-refractivity contribution >= 4 is 5.96 Å². The van der Waals surface area contributed by atoms with Gasteiger partial charge in [-0.25, -0.2) is 4.98 Å². The molecule has 170 valence electrons. The number of aromatic nitrogens is 2. The quantitative estimate of drug-likeness (QED) is 0.410. The molecule has 0 amide bonds. The molecule has 0 saturated carbocycles. The van der Waals surface area contributed by atoms with E-state index in [4.69, 9.17) is 4.74 Å². The maximum Gasteiger partial charge on any atom is 0.191 e. The average molecular weight is 434 g/mol. The minimum atomic E-state index is 0.0528. The maximum atomic E-state index is 5.64. The predicted molar refractivity (Wildman–Crippen MR) is 132 cm³/mol. The van der Waals surface area contributed by atoms with E-state index in [0.29, 0.717) is 13.1 Å². The van der Waals surface area contributed by atoms with Crippen molar-refractivity contribution in [1.82, 2.24) is 20.2 Å². The van der Waals surface area contributed by atoms with E-state index in [-0.39, 0.29) is 11.5 Å². The van der Waals surface area contributed by atoms with Gasteiger partial charge in [-0.05, 0) is 27.7 Å². The number of hydrogen-bond donors (Lipinski definition) is 2. The molecule has 3 rings (SSSR count). The molecule has 1 atom stereocenters. The summed E-state index contributed by atoms with van der Waals surface area (Å²) in [5, 5.41) is 6.83. The first-order valence-corrected chi connectivity index (χ1v) is 11.0. The number of benzene rings is 2. The largest absolute Gasteiger partial charge is 0.379 e. The fourth-order valence-electron chi connectivity index (χ4n) is 3.67. The predicted octanol–water partition coefficient (Wildman–Crippen LogP) is 4.32. The van der Waals surface area contributed by atoms with Crippen LogP contribution in [0.15, 0.2) is 72.2 Å². The van der Waals surface area contributed by atoms with E-state index >= 15 is 0 Å². The topological polar surface area (TPSA) is 63.5 Å². The van der Waals surface area contributed by atoms with Crippen LogP contribution in [0.25, 0.3) is 11.1 Å². The molecule has 32 heavy (non-hydrogen) atoms. The molecule has 6 nitrogen and oxygen atoms in total. The van der Waals surface area contributed by atoms with Gasteiger partial charge in [0.25, 0.3) is 0 Å². The standard InChI is InChI=1S/C26H35N5O/c1-26(2,3)24(32-5)17-30-25(27-4)29-16-22-8-6-7-9-23(22)21-12-10-20(11-13-21)18-31-15-14-28-19-31/h6-15,19,24H,16-18H2,1-5H3,(H2,27,29,30). The summed E-state index contributed by atoms with van der Waals surface area (Å²) >= 11 is 0. The van der Waals surface area contributed by atoms with Crippen molar-refractivity contribution in [2.24, 2.45) is 10.4 Å². The van der Waals surface area contributed by atoms with Crippen molar-refractivity contribution in [3.05, 3.63) is 78.4 Å². The molecule has 0 radical (unpaired) electrons. The fourth-order valence-corrected chi connectivity index (χ4v) is 3.67. The third-order valence-corrected chi connectivity index (χ3v) is 5.58. The van der Waals surface area contributed by atoms with Crippen LogP contribution in [0.2, 0.25) is 0 Å². The number of aliphatic imine (C=N–C) groups is 1. The van der Waals surface area contributed by atoms with E-state index in [2.05, 4.69) is 94.5 Å². The molecule has 1 aromatic heterocycles. The number of nitrogens with zero attached hydrogens (tertiary/aromatic N) is 3. The van der Waals surface area contributed by atoms with E-state index in [0.717, 1.165) is 12.5 Å². The van der Waals surface area contributed by atoms with Crippen LogP contribution in [0.3, 0.4) is 0 Å². The molecular weight excluding hydrogens is 398 g/mol. The van der Waals surface area contributed by atoms with E-state index in [1.165, 1.54) is 22.3 Å². The van der Waals surface area contributed by atoms with Gasteiger partial charge in [0.2, 0.25) is 0 Å². The summed E-state index contributed by atoms with van der Waals surface area (Å²) in [6.07, 6.45) is 5.71. The van der Waals surface area contributed by atoms with Gasteiger partial charge in [0.15, 0.2) is 5.96 Å². The molecular formula is C26H35N5O. The van der Waals surface area contributed by atoms with Gasteiger partial charge >= 0.3 is 0 Å². The summed E-state index contributed by atoms with van der Waals surface area (Å²) in [5.41, 5.74) is 4.94. The van der Waals surface area contributed by atoms with Crippen LogP contribution in [0, 0.1) is 5.41 Å². The third-order valence-electron chi connectivity index (χ3n) is 5.58. The van der Waals surface area contributed by atoms with Crippen molar-refractivity contribution in [2.75, 3.05) is 20.7 Å². The Balaban J connectivity index is 1.64. The summed E-state index contributed by atoms with van der Waals surface area (Å²) in [5.74, 6) is 0.766. The number of methoxy groups -OCH3 is 1. The fraction of sp³-hybridized carbons (Fsp3) is 0.385. The second kappa shape index (κ2) is 11.0. The number of guanidine groups is 1. The normalized spacial score (nSPS) is 13.1. The Kier molecular flexibility index (Phi) is 8.06. The molecule has 0 fully saturated rings. The van der Waals surface area contributed by atoms with Gasteiger partial charge in [-0.15, -0.1) is 0 Å². The smallest absolute Gasteiger partial charge is 0.191 e. The second-order valence-electron chi connectivity index (χ2n) is 8.99. The average Bonchev–Trinajstić information content (AvgIpc) is 3.29. The number of imidazole rings is 1. The van der Waals surface area contributed by atoms with Crippen LogP contribution in [0.4, 0.5) is 0 Å².